The molecule has 2 aromatic carbocycles. The second-order valence-electron chi connectivity index (χ2n) is 5.77. The monoisotopic (exact) mass is 372 g/mol. The van der Waals surface area contributed by atoms with Gasteiger partial charge in [0.25, 0.3) is 5.69 Å². The number of nitrogens with zero attached hydrogens (tertiary/aromatic N) is 4. The molecule has 1 heterocycles. The molecule has 0 spiro atoms. The third kappa shape index (κ3) is 3.37. The van der Waals surface area contributed by atoms with E-state index >= 15 is 0 Å². The van der Waals surface area contributed by atoms with Gasteiger partial charge in [0.15, 0.2) is 0 Å². The fourth-order valence-corrected chi connectivity index (χ4v) is 4.36. The molecule has 0 bridgehead atoms. The van der Waals surface area contributed by atoms with Crippen molar-refractivity contribution < 1.29 is 13.3 Å². The van der Waals surface area contributed by atoms with Crippen LogP contribution in [-0.2, 0) is 10.0 Å². The Kier molecular flexibility index (Phi) is 4.88. The van der Waals surface area contributed by atoms with Gasteiger partial charge < -0.3 is 4.90 Å². The minimum absolute atomic E-state index is 0.143. The molecule has 0 aromatic heterocycles. The van der Waals surface area contributed by atoms with Crippen LogP contribution < -0.4 is 4.90 Å². The largest absolute Gasteiger partial charge is 0.368 e. The Labute approximate surface area is 151 Å². The summed E-state index contributed by atoms with van der Waals surface area (Å²) in [5.41, 5.74) is 0.643. The first kappa shape index (κ1) is 17.8. The Balaban J connectivity index is 1.77. The van der Waals surface area contributed by atoms with E-state index in [4.69, 9.17) is 0 Å². The van der Waals surface area contributed by atoms with Gasteiger partial charge in [-0.2, -0.15) is 9.57 Å². The van der Waals surface area contributed by atoms with Gasteiger partial charge in [-0.15, -0.1) is 0 Å². The van der Waals surface area contributed by atoms with Gasteiger partial charge in [0.2, 0.25) is 10.0 Å². The van der Waals surface area contributed by atoms with Gasteiger partial charge in [-0.3, -0.25) is 10.1 Å². The number of nitriles is 1. The molecule has 0 aliphatic carbocycles. The SMILES string of the molecule is N#Cc1cc([N+](=O)[O-])ccc1N1CCN(S(=O)(=O)c2ccccc2)CC1. The standard InChI is InChI=1S/C17H16N4O4S/c18-13-14-12-15(21(22)23)6-7-17(14)19-8-10-20(11-9-19)26(24,25)16-4-2-1-3-5-16/h1-7,12H,8-11H2. The number of sulfonamides is 1. The van der Waals surface area contributed by atoms with Crippen molar-refractivity contribution in [3.05, 3.63) is 64.2 Å². The molecule has 134 valence electrons. The molecule has 8 nitrogen and oxygen atoms in total. The molecular formula is C17H16N4O4S. The zero-order valence-electron chi connectivity index (χ0n) is 13.8. The molecule has 1 aliphatic heterocycles. The number of nitro benzene ring substituents is 1. The van der Waals surface area contributed by atoms with E-state index in [0.29, 0.717) is 18.8 Å². The van der Waals surface area contributed by atoms with E-state index in [1.807, 2.05) is 11.0 Å². The van der Waals surface area contributed by atoms with Crippen LogP contribution in [0.5, 0.6) is 0 Å². The van der Waals surface area contributed by atoms with E-state index in [1.54, 1.807) is 30.3 Å². The molecule has 0 amide bonds. The highest BCUT2D eigenvalue weighted by atomic mass is 32.2. The van der Waals surface area contributed by atoms with Crippen LogP contribution in [0.2, 0.25) is 0 Å². The first-order valence-electron chi connectivity index (χ1n) is 7.92. The molecule has 0 radical (unpaired) electrons. The lowest BCUT2D eigenvalue weighted by molar-refractivity contribution is -0.384. The van der Waals surface area contributed by atoms with Crippen molar-refractivity contribution in [2.75, 3.05) is 31.1 Å². The van der Waals surface area contributed by atoms with Gasteiger partial charge in [-0.25, -0.2) is 8.42 Å². The van der Waals surface area contributed by atoms with Gasteiger partial charge in [-0.1, -0.05) is 18.2 Å². The molecule has 1 aliphatic rings. The van der Waals surface area contributed by atoms with Crippen molar-refractivity contribution in [3.63, 3.8) is 0 Å². The summed E-state index contributed by atoms with van der Waals surface area (Å²) in [5.74, 6) is 0. The van der Waals surface area contributed by atoms with Crippen LogP contribution in [-0.4, -0.2) is 43.8 Å². The van der Waals surface area contributed by atoms with Gasteiger partial charge in [0.05, 0.1) is 21.1 Å². The molecule has 1 saturated heterocycles. The summed E-state index contributed by atoms with van der Waals surface area (Å²) < 4.78 is 26.7. The lowest BCUT2D eigenvalue weighted by Crippen LogP contribution is -2.48. The number of rotatable bonds is 4. The van der Waals surface area contributed by atoms with E-state index in [1.165, 1.54) is 22.5 Å². The highest BCUT2D eigenvalue weighted by Crippen LogP contribution is 2.27. The van der Waals surface area contributed by atoms with Gasteiger partial charge in [-0.05, 0) is 18.2 Å². The van der Waals surface area contributed by atoms with Crippen molar-refractivity contribution in [2.45, 2.75) is 4.90 Å². The quantitative estimate of drug-likeness (QED) is 0.600. The first-order valence-corrected chi connectivity index (χ1v) is 9.36. The predicted molar refractivity (Wildman–Crippen MR) is 95.2 cm³/mol. The molecule has 0 N–H and O–H groups in total. The Bertz CT molecular complexity index is 962. The number of piperazine rings is 1. The van der Waals surface area contributed by atoms with Crippen molar-refractivity contribution >= 4 is 21.4 Å². The number of hydrogen-bond donors (Lipinski definition) is 0. The van der Waals surface area contributed by atoms with E-state index < -0.39 is 14.9 Å². The summed E-state index contributed by atoms with van der Waals surface area (Å²) in [6.45, 7) is 1.36. The summed E-state index contributed by atoms with van der Waals surface area (Å²) in [6, 6.07) is 14.3. The third-order valence-electron chi connectivity index (χ3n) is 4.27. The Hall–Kier alpha value is -2.96. The number of hydrogen-bond acceptors (Lipinski definition) is 6. The van der Waals surface area contributed by atoms with Crippen LogP contribution in [0.3, 0.4) is 0 Å². The molecule has 3 rings (SSSR count). The molecule has 2 aromatic rings. The summed E-state index contributed by atoms with van der Waals surface area (Å²) >= 11 is 0. The average molecular weight is 372 g/mol. The lowest BCUT2D eigenvalue weighted by Gasteiger charge is -2.35. The maximum Gasteiger partial charge on any atom is 0.270 e. The average Bonchev–Trinajstić information content (AvgIpc) is 2.68. The zero-order valence-corrected chi connectivity index (χ0v) is 14.6. The van der Waals surface area contributed by atoms with Crippen LogP contribution in [0.1, 0.15) is 5.56 Å². The number of anilines is 1. The molecule has 0 unspecified atom stereocenters. The Morgan fingerprint density at radius 3 is 2.27 bits per heavy atom. The normalized spacial score (nSPS) is 15.4. The molecule has 0 saturated carbocycles. The first-order chi connectivity index (χ1) is 12.4. The second kappa shape index (κ2) is 7.11. The van der Waals surface area contributed by atoms with Crippen molar-refractivity contribution in [1.82, 2.24) is 4.31 Å². The van der Waals surface area contributed by atoms with Gasteiger partial charge in [0.1, 0.15) is 6.07 Å². The van der Waals surface area contributed by atoms with Crippen LogP contribution >= 0.6 is 0 Å². The van der Waals surface area contributed by atoms with Crippen LogP contribution in [0.15, 0.2) is 53.4 Å². The fraction of sp³-hybridized carbons (Fsp3) is 0.235. The van der Waals surface area contributed by atoms with Crippen LogP contribution in [0, 0.1) is 21.4 Å². The minimum atomic E-state index is -3.55. The molecule has 26 heavy (non-hydrogen) atoms. The van der Waals surface area contributed by atoms with Gasteiger partial charge >= 0.3 is 0 Å². The zero-order chi connectivity index (χ0) is 18.7. The molecule has 9 heteroatoms. The number of benzene rings is 2. The van der Waals surface area contributed by atoms with E-state index in [2.05, 4.69) is 0 Å². The van der Waals surface area contributed by atoms with Crippen molar-refractivity contribution in [1.29, 1.82) is 5.26 Å². The maximum atomic E-state index is 12.7. The minimum Gasteiger partial charge on any atom is -0.368 e. The Morgan fingerprint density at radius 1 is 1.04 bits per heavy atom. The number of non-ortho nitro benzene ring substituents is 1. The van der Waals surface area contributed by atoms with Crippen LogP contribution in [0.4, 0.5) is 11.4 Å². The molecule has 1 fully saturated rings. The molecule has 0 atom stereocenters. The highest BCUT2D eigenvalue weighted by molar-refractivity contribution is 7.89. The van der Waals surface area contributed by atoms with E-state index in [9.17, 15) is 23.8 Å². The van der Waals surface area contributed by atoms with Crippen molar-refractivity contribution in [2.24, 2.45) is 0 Å². The fourth-order valence-electron chi connectivity index (χ4n) is 2.91. The van der Waals surface area contributed by atoms with Crippen molar-refractivity contribution in [3.8, 4) is 6.07 Å². The smallest absolute Gasteiger partial charge is 0.270 e. The second-order valence-corrected chi connectivity index (χ2v) is 7.71. The third-order valence-corrected chi connectivity index (χ3v) is 6.18. The van der Waals surface area contributed by atoms with E-state index in [0.717, 1.165) is 0 Å². The van der Waals surface area contributed by atoms with E-state index in [-0.39, 0.29) is 29.2 Å². The van der Waals surface area contributed by atoms with Crippen LogP contribution in [0.25, 0.3) is 0 Å². The van der Waals surface area contributed by atoms with Gasteiger partial charge in [0, 0.05) is 38.3 Å². The number of nitro groups is 1. The summed E-state index contributed by atoms with van der Waals surface area (Å²) in [6.07, 6.45) is 0. The predicted octanol–water partition coefficient (Wildman–Crippen LogP) is 1.98. The summed E-state index contributed by atoms with van der Waals surface area (Å²) in [4.78, 5) is 12.4. The Morgan fingerprint density at radius 2 is 1.69 bits per heavy atom. The summed E-state index contributed by atoms with van der Waals surface area (Å²) in [5, 5.41) is 20.1. The summed E-state index contributed by atoms with van der Waals surface area (Å²) in [7, 11) is -3.55. The topological polar surface area (TPSA) is 108 Å². The highest BCUT2D eigenvalue weighted by Gasteiger charge is 2.29. The maximum absolute atomic E-state index is 12.7. The lowest BCUT2D eigenvalue weighted by atomic mass is 10.1. The molecular weight excluding hydrogens is 356 g/mol.